The van der Waals surface area contributed by atoms with Gasteiger partial charge in [-0.15, -0.1) is 0 Å². The third kappa shape index (κ3) is 4.68. The number of hydrogen-bond acceptors (Lipinski definition) is 8. The minimum Gasteiger partial charge on any atom is -0.454 e. The largest absolute Gasteiger partial charge is 0.454 e. The number of nitro benzene ring substituents is 1. The van der Waals surface area contributed by atoms with Gasteiger partial charge in [0, 0.05) is 28.1 Å². The van der Waals surface area contributed by atoms with Crippen LogP contribution in [0.1, 0.15) is 39.6 Å². The molecule has 230 valence electrons. The first kappa shape index (κ1) is 29.5. The van der Waals surface area contributed by atoms with E-state index in [9.17, 15) is 29.3 Å². The molecule has 0 N–H and O–H groups in total. The van der Waals surface area contributed by atoms with E-state index in [4.69, 9.17) is 16.3 Å². The molecule has 4 unspecified atom stereocenters. The molecule has 2 bridgehead atoms. The summed E-state index contributed by atoms with van der Waals surface area (Å²) >= 11 is 6.47. The van der Waals surface area contributed by atoms with Gasteiger partial charge in [-0.05, 0) is 56.4 Å². The molecular weight excluding hydrogens is 610 g/mol. The molecule has 11 heteroatoms. The lowest BCUT2D eigenvalue weighted by atomic mass is 9.82. The van der Waals surface area contributed by atoms with Crippen LogP contribution in [0.25, 0.3) is 22.2 Å². The molecule has 0 spiro atoms. The number of rotatable bonds is 7. The summed E-state index contributed by atoms with van der Waals surface area (Å²) in [6.07, 6.45) is 2.99. The van der Waals surface area contributed by atoms with Crippen molar-refractivity contribution < 1.29 is 28.8 Å². The fourth-order valence-electron chi connectivity index (χ4n) is 7.11. The summed E-state index contributed by atoms with van der Waals surface area (Å²) in [4.78, 5) is 69.6. The number of Topliss-reactive ketones (excluding diaryl/α,β-unsaturated/α-hetero) is 1. The van der Waals surface area contributed by atoms with Gasteiger partial charge >= 0.3 is 5.97 Å². The van der Waals surface area contributed by atoms with Gasteiger partial charge in [-0.25, -0.2) is 9.78 Å². The van der Waals surface area contributed by atoms with Gasteiger partial charge < -0.3 is 4.74 Å². The standard InChI is InChI=1S/C35H26ClN3O7/c1-17-6-7-20(14-28(17)39(44)45)29(40)16-46-35(43)25-15-27(37-32-23(25)4-3-5-26(32)36)19-8-10-22(11-9-19)38-33(41)30-21-12-18(2)24(13-21)31(30)34(38)42/h3-12,14-15,21,24,30-31H,13,16H2,1-2H3. The van der Waals surface area contributed by atoms with Crippen LogP contribution in [0.2, 0.25) is 5.02 Å². The first-order chi connectivity index (χ1) is 22.0. The van der Waals surface area contributed by atoms with Crippen molar-refractivity contribution in [2.45, 2.75) is 20.3 Å². The highest BCUT2D eigenvalue weighted by Gasteiger charge is 2.60. The second-order valence-corrected chi connectivity index (χ2v) is 12.4. The van der Waals surface area contributed by atoms with E-state index in [-0.39, 0.29) is 52.3 Å². The smallest absolute Gasteiger partial charge is 0.339 e. The number of aryl methyl sites for hydroxylation is 1. The minimum absolute atomic E-state index is 0.0474. The van der Waals surface area contributed by atoms with E-state index in [1.54, 1.807) is 49.4 Å². The molecule has 10 nitrogen and oxygen atoms in total. The van der Waals surface area contributed by atoms with Crippen LogP contribution in [-0.4, -0.2) is 40.1 Å². The number of fused-ring (bicyclic) bond motifs is 6. The highest BCUT2D eigenvalue weighted by atomic mass is 35.5. The highest BCUT2D eigenvalue weighted by Crippen LogP contribution is 2.56. The molecule has 4 atom stereocenters. The first-order valence-corrected chi connectivity index (χ1v) is 15.1. The molecule has 3 aromatic carbocycles. The lowest BCUT2D eigenvalue weighted by molar-refractivity contribution is -0.385. The number of hydrogen-bond donors (Lipinski definition) is 0. The number of amides is 2. The summed E-state index contributed by atoms with van der Waals surface area (Å²) in [5.41, 5.74) is 3.34. The summed E-state index contributed by atoms with van der Waals surface area (Å²) in [7, 11) is 0. The van der Waals surface area contributed by atoms with Crippen LogP contribution in [0.4, 0.5) is 11.4 Å². The van der Waals surface area contributed by atoms with Gasteiger partial charge in [0.15, 0.2) is 6.61 Å². The Hall–Kier alpha value is -5.22. The molecule has 3 aliphatic rings. The number of allylic oxidation sites excluding steroid dienone is 2. The summed E-state index contributed by atoms with van der Waals surface area (Å²) in [5, 5.41) is 12.0. The number of nitrogens with zero attached hydrogens (tertiary/aromatic N) is 3. The molecule has 2 aliphatic carbocycles. The normalized spacial score (nSPS) is 21.5. The predicted molar refractivity (Wildman–Crippen MR) is 169 cm³/mol. The summed E-state index contributed by atoms with van der Waals surface area (Å²) < 4.78 is 5.37. The number of ether oxygens (including phenoxy) is 1. The summed E-state index contributed by atoms with van der Waals surface area (Å²) in [5.74, 6) is -2.15. The second kappa shape index (κ2) is 11.0. The van der Waals surface area contributed by atoms with Crippen LogP contribution in [0, 0.1) is 40.7 Å². The van der Waals surface area contributed by atoms with E-state index in [1.807, 2.05) is 6.92 Å². The van der Waals surface area contributed by atoms with Gasteiger partial charge in [0.2, 0.25) is 17.6 Å². The Labute approximate surface area is 267 Å². The summed E-state index contributed by atoms with van der Waals surface area (Å²) in [6.45, 7) is 2.96. The molecule has 2 fully saturated rings. The van der Waals surface area contributed by atoms with Crippen molar-refractivity contribution >= 4 is 57.4 Å². The zero-order valence-corrected chi connectivity index (χ0v) is 25.5. The number of carbonyl (C=O) groups excluding carboxylic acids is 4. The third-order valence-electron chi connectivity index (χ3n) is 9.37. The molecule has 1 saturated carbocycles. The van der Waals surface area contributed by atoms with Crippen molar-refractivity contribution in [2.75, 3.05) is 11.5 Å². The van der Waals surface area contributed by atoms with Gasteiger partial charge in [0.1, 0.15) is 0 Å². The molecule has 4 aromatic rings. The maximum Gasteiger partial charge on any atom is 0.339 e. The molecule has 1 aliphatic heterocycles. The molecule has 46 heavy (non-hydrogen) atoms. The fraction of sp³-hybridized carbons (Fsp3) is 0.229. The van der Waals surface area contributed by atoms with E-state index in [1.165, 1.54) is 28.7 Å². The molecule has 2 heterocycles. The van der Waals surface area contributed by atoms with Crippen LogP contribution >= 0.6 is 11.6 Å². The Bertz CT molecular complexity index is 2060. The number of anilines is 1. The molecule has 1 saturated heterocycles. The monoisotopic (exact) mass is 635 g/mol. The SMILES string of the molecule is CC1=CC2CC1C1C(=O)N(c3ccc(-c4cc(C(=O)OCC(=O)c5ccc(C)c([N+](=O)[O-])c5)c5cccc(Cl)c5n4)cc3)C(=O)C21. The van der Waals surface area contributed by atoms with Crippen molar-refractivity contribution in [1.82, 2.24) is 4.98 Å². The zero-order chi connectivity index (χ0) is 32.4. The van der Waals surface area contributed by atoms with Gasteiger partial charge in [-0.1, -0.05) is 59.6 Å². The van der Waals surface area contributed by atoms with E-state index < -0.39 is 23.3 Å². The van der Waals surface area contributed by atoms with Crippen LogP contribution in [0.3, 0.4) is 0 Å². The molecule has 0 radical (unpaired) electrons. The number of para-hydroxylation sites is 1. The zero-order valence-electron chi connectivity index (χ0n) is 24.7. The maximum absolute atomic E-state index is 13.4. The van der Waals surface area contributed by atoms with E-state index in [2.05, 4.69) is 11.1 Å². The van der Waals surface area contributed by atoms with Crippen LogP contribution in [0.5, 0.6) is 0 Å². The van der Waals surface area contributed by atoms with Crippen molar-refractivity contribution in [3.05, 3.63) is 110 Å². The molecular formula is C35H26ClN3O7. The topological polar surface area (TPSA) is 137 Å². The second-order valence-electron chi connectivity index (χ2n) is 12.0. The number of nitro groups is 1. The Kier molecular flexibility index (Phi) is 7.05. The van der Waals surface area contributed by atoms with E-state index in [0.717, 1.165) is 12.5 Å². The van der Waals surface area contributed by atoms with Gasteiger partial charge in [0.25, 0.3) is 5.69 Å². The molecule has 2 amide bonds. The van der Waals surface area contributed by atoms with Crippen molar-refractivity contribution in [1.29, 1.82) is 0 Å². The Morgan fingerprint density at radius 3 is 2.50 bits per heavy atom. The van der Waals surface area contributed by atoms with Gasteiger partial charge in [-0.2, -0.15) is 0 Å². The van der Waals surface area contributed by atoms with Crippen LogP contribution < -0.4 is 4.90 Å². The number of benzene rings is 3. The third-order valence-corrected chi connectivity index (χ3v) is 9.68. The van der Waals surface area contributed by atoms with Crippen LogP contribution in [0.15, 0.2) is 78.4 Å². The molecule has 1 aromatic heterocycles. The van der Waals surface area contributed by atoms with Gasteiger partial charge in [-0.3, -0.25) is 29.4 Å². The number of ketones is 1. The lowest BCUT2D eigenvalue weighted by Gasteiger charge is -2.19. The number of aromatic nitrogens is 1. The van der Waals surface area contributed by atoms with Gasteiger partial charge in [0.05, 0.1) is 44.2 Å². The van der Waals surface area contributed by atoms with Crippen LogP contribution in [-0.2, 0) is 14.3 Å². The average Bonchev–Trinajstić information content (AvgIpc) is 3.69. The van der Waals surface area contributed by atoms with Crippen molar-refractivity contribution in [3.63, 3.8) is 0 Å². The van der Waals surface area contributed by atoms with Crippen molar-refractivity contribution in [2.24, 2.45) is 23.7 Å². The average molecular weight is 636 g/mol. The van der Waals surface area contributed by atoms with E-state index >= 15 is 0 Å². The Balaban J connectivity index is 1.15. The number of carbonyl (C=O) groups is 4. The number of imide groups is 1. The quantitative estimate of drug-likeness (QED) is 0.0559. The van der Waals surface area contributed by atoms with E-state index in [0.29, 0.717) is 38.4 Å². The summed E-state index contributed by atoms with van der Waals surface area (Å²) in [6, 6.07) is 17.4. The fourth-order valence-corrected chi connectivity index (χ4v) is 7.33. The minimum atomic E-state index is -0.805. The van der Waals surface area contributed by atoms with Crippen molar-refractivity contribution in [3.8, 4) is 11.3 Å². The maximum atomic E-state index is 13.4. The highest BCUT2D eigenvalue weighted by molar-refractivity contribution is 6.35. The first-order valence-electron chi connectivity index (χ1n) is 14.7. The number of pyridine rings is 1. The number of esters is 1. The molecule has 7 rings (SSSR count). The number of halogens is 1. The predicted octanol–water partition coefficient (Wildman–Crippen LogP) is 6.51. The Morgan fingerprint density at radius 1 is 1.02 bits per heavy atom. The Morgan fingerprint density at radius 2 is 1.76 bits per heavy atom. The lowest BCUT2D eigenvalue weighted by Crippen LogP contribution is -2.32.